The molecule has 1 amide bonds. The Labute approximate surface area is 161 Å². The number of benzene rings is 1. The first-order chi connectivity index (χ1) is 13.4. The average Bonchev–Trinajstić information content (AvgIpc) is 3.21. The second-order valence-corrected chi connectivity index (χ2v) is 6.87. The highest BCUT2D eigenvalue weighted by atomic mass is 19.1. The molecule has 3 heterocycles. The summed E-state index contributed by atoms with van der Waals surface area (Å²) in [6.45, 7) is 4.88. The van der Waals surface area contributed by atoms with E-state index in [2.05, 4.69) is 20.7 Å². The molecule has 8 nitrogen and oxygen atoms in total. The number of nitrogens with one attached hydrogen (secondary N) is 1. The molecular formula is C19H21FN6O2. The lowest BCUT2D eigenvalue weighted by Crippen LogP contribution is -2.27. The van der Waals surface area contributed by atoms with Gasteiger partial charge in [0.2, 0.25) is 0 Å². The highest BCUT2D eigenvalue weighted by molar-refractivity contribution is 5.93. The van der Waals surface area contributed by atoms with Gasteiger partial charge in [0, 0.05) is 24.8 Å². The number of aromatic nitrogens is 5. The SMILES string of the molecule is Cc1nn(C)c(C)c1CNC(=O)c1nnn2c1CO[C@@H](c1ccc(F)cc1)C2. The second kappa shape index (κ2) is 7.16. The van der Waals surface area contributed by atoms with E-state index in [-0.39, 0.29) is 30.1 Å². The van der Waals surface area contributed by atoms with Crippen molar-refractivity contribution in [1.29, 1.82) is 0 Å². The summed E-state index contributed by atoms with van der Waals surface area (Å²) in [6, 6.07) is 6.18. The van der Waals surface area contributed by atoms with E-state index in [0.29, 0.717) is 18.8 Å². The quantitative estimate of drug-likeness (QED) is 0.743. The normalized spacial score (nSPS) is 16.1. The largest absolute Gasteiger partial charge is 0.365 e. The van der Waals surface area contributed by atoms with Crippen LogP contribution in [0.25, 0.3) is 0 Å². The minimum absolute atomic E-state index is 0.211. The molecule has 0 saturated heterocycles. The van der Waals surface area contributed by atoms with Crippen molar-refractivity contribution in [3.8, 4) is 0 Å². The average molecular weight is 384 g/mol. The van der Waals surface area contributed by atoms with Crippen LogP contribution < -0.4 is 5.32 Å². The van der Waals surface area contributed by atoms with Crippen LogP contribution in [0.3, 0.4) is 0 Å². The Morgan fingerprint density at radius 1 is 1.32 bits per heavy atom. The fourth-order valence-electron chi connectivity index (χ4n) is 3.39. The minimum atomic E-state index is -0.298. The molecule has 146 valence electrons. The van der Waals surface area contributed by atoms with E-state index < -0.39 is 0 Å². The van der Waals surface area contributed by atoms with E-state index in [0.717, 1.165) is 22.5 Å². The van der Waals surface area contributed by atoms with Crippen molar-refractivity contribution in [3.05, 3.63) is 64.0 Å². The van der Waals surface area contributed by atoms with E-state index in [9.17, 15) is 9.18 Å². The highest BCUT2D eigenvalue weighted by Crippen LogP contribution is 2.27. The topological polar surface area (TPSA) is 86.9 Å². The summed E-state index contributed by atoms with van der Waals surface area (Å²) in [7, 11) is 1.87. The van der Waals surface area contributed by atoms with Gasteiger partial charge in [-0.15, -0.1) is 5.10 Å². The maximum Gasteiger partial charge on any atom is 0.274 e. The van der Waals surface area contributed by atoms with Crippen molar-refractivity contribution in [2.75, 3.05) is 0 Å². The zero-order valence-electron chi connectivity index (χ0n) is 15.9. The van der Waals surface area contributed by atoms with Crippen LogP contribution in [0.5, 0.6) is 0 Å². The number of nitrogens with zero attached hydrogens (tertiary/aromatic N) is 5. The molecule has 9 heteroatoms. The zero-order chi connectivity index (χ0) is 19.8. The number of hydrogen-bond acceptors (Lipinski definition) is 5. The van der Waals surface area contributed by atoms with Crippen LogP contribution in [0.15, 0.2) is 24.3 Å². The molecular weight excluding hydrogens is 363 g/mol. The second-order valence-electron chi connectivity index (χ2n) is 6.87. The molecule has 4 rings (SSSR count). The number of ether oxygens (including phenoxy) is 1. The molecule has 0 fully saturated rings. The van der Waals surface area contributed by atoms with Gasteiger partial charge in [0.05, 0.1) is 24.5 Å². The number of hydrogen-bond donors (Lipinski definition) is 1. The van der Waals surface area contributed by atoms with Gasteiger partial charge in [-0.1, -0.05) is 17.3 Å². The monoisotopic (exact) mass is 384 g/mol. The number of amides is 1. The fourth-order valence-corrected chi connectivity index (χ4v) is 3.39. The Bertz CT molecular complexity index is 1020. The number of halogens is 1. The number of carbonyl (C=O) groups excluding carboxylic acids is 1. The van der Waals surface area contributed by atoms with Crippen molar-refractivity contribution >= 4 is 5.91 Å². The Balaban J connectivity index is 1.46. The van der Waals surface area contributed by atoms with E-state index in [1.54, 1.807) is 21.5 Å². The first kappa shape index (κ1) is 18.3. The summed E-state index contributed by atoms with van der Waals surface area (Å²) in [6.07, 6.45) is -0.258. The molecule has 2 aromatic heterocycles. The number of carbonyl (C=O) groups is 1. The van der Waals surface area contributed by atoms with Crippen LogP contribution >= 0.6 is 0 Å². The lowest BCUT2D eigenvalue weighted by atomic mass is 10.1. The summed E-state index contributed by atoms with van der Waals surface area (Å²) in [5, 5.41) is 15.4. The molecule has 0 saturated carbocycles. The van der Waals surface area contributed by atoms with Gasteiger partial charge < -0.3 is 10.1 Å². The van der Waals surface area contributed by atoms with Crippen LogP contribution in [0.4, 0.5) is 4.39 Å². The number of rotatable bonds is 4. The fraction of sp³-hybridized carbons (Fsp3) is 0.368. The molecule has 1 atom stereocenters. The van der Waals surface area contributed by atoms with Gasteiger partial charge in [-0.25, -0.2) is 9.07 Å². The van der Waals surface area contributed by atoms with Crippen LogP contribution in [0.2, 0.25) is 0 Å². The van der Waals surface area contributed by atoms with E-state index >= 15 is 0 Å². The summed E-state index contributed by atoms with van der Waals surface area (Å²) >= 11 is 0. The summed E-state index contributed by atoms with van der Waals surface area (Å²) in [4.78, 5) is 12.6. The summed E-state index contributed by atoms with van der Waals surface area (Å²) in [5.74, 6) is -0.591. The van der Waals surface area contributed by atoms with Crippen LogP contribution in [-0.2, 0) is 31.5 Å². The van der Waals surface area contributed by atoms with Crippen LogP contribution in [-0.4, -0.2) is 30.7 Å². The van der Waals surface area contributed by atoms with Crippen molar-refractivity contribution < 1.29 is 13.9 Å². The standard InChI is InChI=1S/C19H21FN6O2/c1-11-15(12(2)25(3)23-11)8-21-19(27)18-16-10-28-17(9-26(16)24-22-18)13-4-6-14(20)7-5-13/h4-7,17H,8-10H2,1-3H3,(H,21,27)/t17-/m1/s1. The molecule has 0 bridgehead atoms. The summed E-state index contributed by atoms with van der Waals surface area (Å²) in [5.41, 5.74) is 4.64. The minimum Gasteiger partial charge on any atom is -0.365 e. The van der Waals surface area contributed by atoms with Gasteiger partial charge in [0.15, 0.2) is 5.69 Å². The van der Waals surface area contributed by atoms with Crippen molar-refractivity contribution in [3.63, 3.8) is 0 Å². The van der Waals surface area contributed by atoms with Crippen molar-refractivity contribution in [1.82, 2.24) is 30.1 Å². The molecule has 0 spiro atoms. The number of fused-ring (bicyclic) bond motifs is 1. The van der Waals surface area contributed by atoms with E-state index in [1.807, 2.05) is 20.9 Å². The third kappa shape index (κ3) is 3.29. The Kier molecular flexibility index (Phi) is 4.68. The van der Waals surface area contributed by atoms with Gasteiger partial charge in [-0.05, 0) is 31.5 Å². The van der Waals surface area contributed by atoms with E-state index in [1.165, 1.54) is 12.1 Å². The molecule has 0 unspecified atom stereocenters. The summed E-state index contributed by atoms with van der Waals surface area (Å²) < 4.78 is 22.4. The Hall–Kier alpha value is -3.07. The highest BCUT2D eigenvalue weighted by Gasteiger charge is 2.27. The maximum atomic E-state index is 13.1. The molecule has 1 aliphatic heterocycles. The molecule has 1 N–H and O–H groups in total. The molecule has 1 aliphatic rings. The van der Waals surface area contributed by atoms with E-state index in [4.69, 9.17) is 4.74 Å². The predicted molar refractivity (Wildman–Crippen MR) is 97.8 cm³/mol. The Morgan fingerprint density at radius 2 is 2.07 bits per heavy atom. The molecule has 3 aromatic rings. The van der Waals surface area contributed by atoms with Crippen LogP contribution in [0, 0.1) is 19.7 Å². The third-order valence-corrected chi connectivity index (χ3v) is 5.14. The number of aryl methyl sites for hydroxylation is 2. The lowest BCUT2D eigenvalue weighted by Gasteiger charge is -2.24. The van der Waals surface area contributed by atoms with Gasteiger partial charge >= 0.3 is 0 Å². The third-order valence-electron chi connectivity index (χ3n) is 5.14. The van der Waals surface area contributed by atoms with Crippen LogP contribution in [0.1, 0.15) is 44.8 Å². The zero-order valence-corrected chi connectivity index (χ0v) is 15.9. The van der Waals surface area contributed by atoms with Crippen molar-refractivity contribution in [2.45, 2.75) is 39.6 Å². The Morgan fingerprint density at radius 3 is 2.75 bits per heavy atom. The molecule has 0 aliphatic carbocycles. The van der Waals surface area contributed by atoms with Gasteiger partial charge in [-0.3, -0.25) is 9.48 Å². The molecule has 1 aromatic carbocycles. The maximum absolute atomic E-state index is 13.1. The van der Waals surface area contributed by atoms with Gasteiger partial charge in [-0.2, -0.15) is 5.10 Å². The molecule has 0 radical (unpaired) electrons. The molecule has 28 heavy (non-hydrogen) atoms. The first-order valence-corrected chi connectivity index (χ1v) is 9.00. The predicted octanol–water partition coefficient (Wildman–Crippen LogP) is 1.97. The van der Waals surface area contributed by atoms with Crippen molar-refractivity contribution in [2.24, 2.45) is 7.05 Å². The lowest BCUT2D eigenvalue weighted by molar-refractivity contribution is -0.00180. The van der Waals surface area contributed by atoms with Gasteiger partial charge in [0.25, 0.3) is 5.91 Å². The smallest absolute Gasteiger partial charge is 0.274 e. The van der Waals surface area contributed by atoms with Gasteiger partial charge in [0.1, 0.15) is 11.9 Å². The first-order valence-electron chi connectivity index (χ1n) is 9.00.